The van der Waals surface area contributed by atoms with Crippen LogP contribution in [-0.4, -0.2) is 11.9 Å². The second kappa shape index (κ2) is 24.1. The minimum absolute atomic E-state index is 0. The molecule has 0 aromatic heterocycles. The molecule has 0 radical (unpaired) electrons. The molecule has 39 heavy (non-hydrogen) atoms. The zero-order chi connectivity index (χ0) is 27.1. The summed E-state index contributed by atoms with van der Waals surface area (Å²) in [5.41, 5.74) is 5.98. The Kier molecular flexibility index (Phi) is 21.8. The monoisotopic (exact) mass is 574 g/mol. The summed E-state index contributed by atoms with van der Waals surface area (Å²) in [7, 11) is 0. The van der Waals surface area contributed by atoms with Gasteiger partial charge in [-0.25, -0.2) is 0 Å². The molecule has 0 aliphatic heterocycles. The number of benzene rings is 2. The first-order valence-corrected chi connectivity index (χ1v) is 16.0. The summed E-state index contributed by atoms with van der Waals surface area (Å²) < 4.78 is 0. The smallest absolute Gasteiger partial charge is 0.0633 e. The Bertz CT molecular complexity index is 883. The molecule has 3 heteroatoms. The standard InChI is InChI=1S/C36H56N2.Ni/c1-4-7-10-12-14-16-18-20-32-23-27-34(28-24-32)37-31-36(22-9-6-3)38-35-29-25-33(26-30-35)21-19-17-15-13-11-8-5-2;/h23-31H,4-22H2,1-3H3;/b37-31+,38-36+;. The molecule has 0 saturated carbocycles. The van der Waals surface area contributed by atoms with E-state index in [0.29, 0.717) is 0 Å². The van der Waals surface area contributed by atoms with Gasteiger partial charge < -0.3 is 0 Å². The van der Waals surface area contributed by atoms with Gasteiger partial charge in [-0.2, -0.15) is 0 Å². The van der Waals surface area contributed by atoms with E-state index in [1.54, 1.807) is 0 Å². The second-order valence-corrected chi connectivity index (χ2v) is 11.0. The Morgan fingerprint density at radius 2 is 0.923 bits per heavy atom. The van der Waals surface area contributed by atoms with Crippen LogP contribution in [0.1, 0.15) is 141 Å². The van der Waals surface area contributed by atoms with Crippen LogP contribution >= 0.6 is 0 Å². The van der Waals surface area contributed by atoms with E-state index in [0.717, 1.165) is 36.3 Å². The normalized spacial score (nSPS) is 11.7. The summed E-state index contributed by atoms with van der Waals surface area (Å²) in [6.45, 7) is 6.80. The maximum atomic E-state index is 4.95. The fourth-order valence-corrected chi connectivity index (χ4v) is 4.88. The minimum atomic E-state index is 0. The van der Waals surface area contributed by atoms with Gasteiger partial charge in [0.1, 0.15) is 0 Å². The predicted octanol–water partition coefficient (Wildman–Crippen LogP) is 11.9. The Hall–Kier alpha value is -1.73. The van der Waals surface area contributed by atoms with Crippen LogP contribution in [0.2, 0.25) is 0 Å². The molecule has 2 aromatic rings. The Balaban J connectivity index is 0.00000760. The zero-order valence-corrected chi connectivity index (χ0v) is 26.3. The zero-order valence-electron chi connectivity index (χ0n) is 25.3. The van der Waals surface area contributed by atoms with E-state index in [2.05, 4.69) is 69.3 Å². The number of aryl methyl sites for hydroxylation is 2. The van der Waals surface area contributed by atoms with Crippen LogP contribution in [0.3, 0.4) is 0 Å². The van der Waals surface area contributed by atoms with E-state index < -0.39 is 0 Å². The van der Waals surface area contributed by atoms with Crippen LogP contribution in [0.4, 0.5) is 11.4 Å². The summed E-state index contributed by atoms with van der Waals surface area (Å²) in [4.78, 5) is 9.73. The molecule has 0 heterocycles. The van der Waals surface area contributed by atoms with E-state index in [4.69, 9.17) is 9.98 Å². The van der Waals surface area contributed by atoms with Gasteiger partial charge in [-0.1, -0.05) is 129 Å². The first-order chi connectivity index (χ1) is 18.7. The third kappa shape index (κ3) is 17.6. The van der Waals surface area contributed by atoms with Crippen LogP contribution in [-0.2, 0) is 29.3 Å². The number of nitrogens with zero attached hydrogens (tertiary/aromatic N) is 2. The second-order valence-electron chi connectivity index (χ2n) is 11.0. The minimum Gasteiger partial charge on any atom is -0.255 e. The average molecular weight is 576 g/mol. The van der Waals surface area contributed by atoms with E-state index in [9.17, 15) is 0 Å². The molecule has 0 N–H and O–H groups in total. The molecular formula is C36H56N2Ni. The fraction of sp³-hybridized carbons (Fsp3) is 0.611. The predicted molar refractivity (Wildman–Crippen MR) is 171 cm³/mol. The summed E-state index contributed by atoms with van der Waals surface area (Å²) >= 11 is 0. The van der Waals surface area contributed by atoms with Crippen LogP contribution in [0.5, 0.6) is 0 Å². The number of hydrogen-bond donors (Lipinski definition) is 0. The number of hydrogen-bond acceptors (Lipinski definition) is 2. The molecule has 0 unspecified atom stereocenters. The van der Waals surface area contributed by atoms with Gasteiger partial charge in [0.25, 0.3) is 0 Å². The van der Waals surface area contributed by atoms with Crippen molar-refractivity contribution in [1.82, 2.24) is 0 Å². The van der Waals surface area contributed by atoms with Crippen LogP contribution < -0.4 is 0 Å². The van der Waals surface area contributed by atoms with Gasteiger partial charge in [0.2, 0.25) is 0 Å². The Labute approximate surface area is 251 Å². The van der Waals surface area contributed by atoms with Crippen LogP contribution in [0.25, 0.3) is 0 Å². The first-order valence-electron chi connectivity index (χ1n) is 16.0. The van der Waals surface area contributed by atoms with Crippen molar-refractivity contribution in [2.45, 2.75) is 143 Å². The Morgan fingerprint density at radius 3 is 1.38 bits per heavy atom. The van der Waals surface area contributed by atoms with E-state index in [1.807, 2.05) is 6.21 Å². The number of aliphatic imine (C=N–C) groups is 2. The Morgan fingerprint density at radius 1 is 0.513 bits per heavy atom. The molecule has 2 rings (SSSR count). The topological polar surface area (TPSA) is 24.7 Å². The molecular weight excluding hydrogens is 519 g/mol. The summed E-state index contributed by atoms with van der Waals surface area (Å²) in [6, 6.07) is 17.7. The van der Waals surface area contributed by atoms with Crippen molar-refractivity contribution < 1.29 is 16.5 Å². The largest absolute Gasteiger partial charge is 0.255 e. The quantitative estimate of drug-likeness (QED) is 0.0758. The molecule has 0 atom stereocenters. The van der Waals surface area contributed by atoms with Crippen molar-refractivity contribution in [3.8, 4) is 0 Å². The van der Waals surface area contributed by atoms with Crippen LogP contribution in [0, 0.1) is 0 Å². The average Bonchev–Trinajstić information content (AvgIpc) is 2.95. The third-order valence-corrected chi connectivity index (χ3v) is 7.43. The van der Waals surface area contributed by atoms with Gasteiger partial charge in [0.15, 0.2) is 0 Å². The molecule has 0 saturated heterocycles. The fourth-order valence-electron chi connectivity index (χ4n) is 4.88. The van der Waals surface area contributed by atoms with E-state index >= 15 is 0 Å². The van der Waals surface area contributed by atoms with Gasteiger partial charge in [-0.3, -0.25) is 9.98 Å². The summed E-state index contributed by atoms with van der Waals surface area (Å²) in [5.74, 6) is 0. The molecule has 0 bridgehead atoms. The molecule has 0 fully saturated rings. The third-order valence-electron chi connectivity index (χ3n) is 7.43. The first kappa shape index (κ1) is 35.3. The molecule has 2 aromatic carbocycles. The SMILES string of the molecule is CCCCCCCCCc1ccc(/N=C/C(CCCC)=N/c2ccc(CCCCCCCCC)cc2)cc1.[Ni]. The van der Waals surface area contributed by atoms with Crippen molar-refractivity contribution in [1.29, 1.82) is 0 Å². The van der Waals surface area contributed by atoms with Crippen molar-refractivity contribution in [2.24, 2.45) is 9.98 Å². The molecule has 2 nitrogen and oxygen atoms in total. The number of rotatable bonds is 22. The molecule has 220 valence electrons. The van der Waals surface area contributed by atoms with Gasteiger partial charge in [-0.15, -0.1) is 0 Å². The molecule has 0 amide bonds. The molecule has 0 aliphatic rings. The van der Waals surface area contributed by atoms with Crippen molar-refractivity contribution in [3.63, 3.8) is 0 Å². The summed E-state index contributed by atoms with van der Waals surface area (Å²) in [5, 5.41) is 0. The van der Waals surface area contributed by atoms with E-state index in [-0.39, 0.29) is 16.5 Å². The summed E-state index contributed by atoms with van der Waals surface area (Å²) in [6.07, 6.45) is 26.7. The van der Waals surface area contributed by atoms with Crippen molar-refractivity contribution >= 4 is 23.3 Å². The van der Waals surface area contributed by atoms with Gasteiger partial charge in [-0.05, 0) is 73.9 Å². The van der Waals surface area contributed by atoms with Crippen molar-refractivity contribution in [3.05, 3.63) is 59.7 Å². The van der Waals surface area contributed by atoms with Gasteiger partial charge in [0, 0.05) is 22.7 Å². The maximum Gasteiger partial charge on any atom is 0.0633 e. The maximum absolute atomic E-state index is 4.95. The van der Waals surface area contributed by atoms with Crippen LogP contribution in [0.15, 0.2) is 58.5 Å². The van der Waals surface area contributed by atoms with Crippen molar-refractivity contribution in [2.75, 3.05) is 0 Å². The molecule has 0 spiro atoms. The van der Waals surface area contributed by atoms with Gasteiger partial charge >= 0.3 is 0 Å². The number of unbranched alkanes of at least 4 members (excludes halogenated alkanes) is 13. The van der Waals surface area contributed by atoms with Gasteiger partial charge in [0.05, 0.1) is 17.1 Å². The molecule has 0 aliphatic carbocycles. The van der Waals surface area contributed by atoms with E-state index in [1.165, 1.54) is 114 Å².